The molecule has 1 amide bonds. The van der Waals surface area contributed by atoms with Gasteiger partial charge < -0.3 is 20.0 Å². The van der Waals surface area contributed by atoms with Crippen LogP contribution in [0.25, 0.3) is 0 Å². The summed E-state index contributed by atoms with van der Waals surface area (Å²) in [6.07, 6.45) is 0. The topological polar surface area (TPSA) is 64.6 Å². The molecule has 0 saturated carbocycles. The minimum absolute atomic E-state index is 0.211. The van der Waals surface area contributed by atoms with Gasteiger partial charge in [-0.3, -0.25) is 4.79 Å². The summed E-state index contributed by atoms with van der Waals surface area (Å²) in [5.74, 6) is 0.328. The van der Waals surface area contributed by atoms with E-state index < -0.39 is 0 Å². The molecule has 0 atom stereocenters. The number of benzene rings is 1. The van der Waals surface area contributed by atoms with E-state index in [0.29, 0.717) is 12.2 Å². The number of piperazine rings is 1. The highest BCUT2D eigenvalue weighted by molar-refractivity contribution is 5.92. The maximum atomic E-state index is 13.1. The smallest absolute Gasteiger partial charge is 0.271 e. The zero-order chi connectivity index (χ0) is 19.2. The lowest BCUT2D eigenvalue weighted by atomic mass is 10.2. The Morgan fingerprint density at radius 2 is 1.70 bits per heavy atom. The van der Waals surface area contributed by atoms with E-state index in [1.807, 2.05) is 25.1 Å². The zero-order valence-electron chi connectivity index (χ0n) is 15.7. The molecule has 0 unspecified atom stereocenters. The van der Waals surface area contributed by atoms with Crippen LogP contribution in [0.3, 0.4) is 0 Å². The van der Waals surface area contributed by atoms with Gasteiger partial charge in [0.2, 0.25) is 0 Å². The van der Waals surface area contributed by atoms with Crippen molar-refractivity contribution in [2.24, 2.45) is 0 Å². The van der Waals surface area contributed by atoms with Crippen molar-refractivity contribution in [3.05, 3.63) is 47.9 Å². The first-order valence-electron chi connectivity index (χ1n) is 9.05. The molecular weight excluding hydrogens is 347 g/mol. The first kappa shape index (κ1) is 19.0. The molecule has 2 aromatic rings. The van der Waals surface area contributed by atoms with E-state index in [4.69, 9.17) is 0 Å². The number of halogens is 1. The van der Waals surface area contributed by atoms with Gasteiger partial charge in [0.25, 0.3) is 5.91 Å². The van der Waals surface area contributed by atoms with Crippen molar-refractivity contribution in [3.63, 3.8) is 0 Å². The Morgan fingerprint density at radius 3 is 2.30 bits per heavy atom. The first-order chi connectivity index (χ1) is 13.0. The van der Waals surface area contributed by atoms with Crippen molar-refractivity contribution in [1.29, 1.82) is 0 Å². The minimum Gasteiger partial charge on any atom is -0.368 e. The standard InChI is InChI=1S/C19H25FN6O/c1-24(2)10-9-21-19(27)17-7-8-18(23-22-17)26-13-11-25(12-14-26)16-5-3-15(20)4-6-16/h3-8H,9-14H2,1-2H3,(H,21,27). The molecule has 1 fully saturated rings. The summed E-state index contributed by atoms with van der Waals surface area (Å²) < 4.78 is 13.1. The summed E-state index contributed by atoms with van der Waals surface area (Å²) in [6, 6.07) is 10.1. The molecule has 1 N–H and O–H groups in total. The third-order valence-corrected chi connectivity index (χ3v) is 4.52. The lowest BCUT2D eigenvalue weighted by molar-refractivity contribution is 0.0945. The van der Waals surface area contributed by atoms with Crippen molar-refractivity contribution in [3.8, 4) is 0 Å². The van der Waals surface area contributed by atoms with Crippen LogP contribution in [0, 0.1) is 5.82 Å². The van der Waals surface area contributed by atoms with E-state index in [1.54, 1.807) is 18.2 Å². The molecule has 1 aliphatic rings. The molecule has 0 aliphatic carbocycles. The zero-order valence-corrected chi connectivity index (χ0v) is 15.7. The molecule has 2 heterocycles. The van der Waals surface area contributed by atoms with Gasteiger partial charge in [-0.15, -0.1) is 10.2 Å². The number of nitrogens with one attached hydrogen (secondary N) is 1. The number of aromatic nitrogens is 2. The van der Waals surface area contributed by atoms with Crippen LogP contribution in [-0.4, -0.2) is 74.4 Å². The molecular formula is C19H25FN6O. The molecule has 144 valence electrons. The average Bonchev–Trinajstić information content (AvgIpc) is 2.68. The van der Waals surface area contributed by atoms with E-state index in [2.05, 4.69) is 25.3 Å². The fourth-order valence-corrected chi connectivity index (χ4v) is 2.94. The predicted molar refractivity (Wildman–Crippen MR) is 104 cm³/mol. The van der Waals surface area contributed by atoms with Crippen molar-refractivity contribution >= 4 is 17.4 Å². The fraction of sp³-hybridized carbons (Fsp3) is 0.421. The molecule has 0 spiro atoms. The summed E-state index contributed by atoms with van der Waals surface area (Å²) >= 11 is 0. The Hall–Kier alpha value is -2.74. The molecule has 0 bridgehead atoms. The number of hydrogen-bond donors (Lipinski definition) is 1. The van der Waals surface area contributed by atoms with Crippen LogP contribution in [0.2, 0.25) is 0 Å². The summed E-state index contributed by atoms with van der Waals surface area (Å²) in [4.78, 5) is 18.4. The average molecular weight is 372 g/mol. The number of nitrogens with zero attached hydrogens (tertiary/aromatic N) is 5. The summed E-state index contributed by atoms with van der Waals surface area (Å²) in [5, 5.41) is 11.1. The van der Waals surface area contributed by atoms with Crippen molar-refractivity contribution in [2.45, 2.75) is 0 Å². The number of likely N-dealkylation sites (N-methyl/N-ethyl adjacent to an activating group) is 1. The van der Waals surface area contributed by atoms with Crippen LogP contribution in [0.1, 0.15) is 10.5 Å². The van der Waals surface area contributed by atoms with E-state index in [-0.39, 0.29) is 11.7 Å². The number of anilines is 2. The quantitative estimate of drug-likeness (QED) is 0.823. The minimum atomic E-state index is -0.224. The van der Waals surface area contributed by atoms with Gasteiger partial charge in [-0.1, -0.05) is 0 Å². The maximum Gasteiger partial charge on any atom is 0.271 e. The molecule has 1 saturated heterocycles. The van der Waals surface area contributed by atoms with Gasteiger partial charge in [0.15, 0.2) is 11.5 Å². The van der Waals surface area contributed by atoms with E-state index in [1.165, 1.54) is 12.1 Å². The highest BCUT2D eigenvalue weighted by atomic mass is 19.1. The van der Waals surface area contributed by atoms with Crippen molar-refractivity contribution in [2.75, 3.05) is 63.2 Å². The van der Waals surface area contributed by atoms with Crippen LogP contribution in [0.15, 0.2) is 36.4 Å². The van der Waals surface area contributed by atoms with Crippen LogP contribution in [0.4, 0.5) is 15.9 Å². The van der Waals surface area contributed by atoms with Gasteiger partial charge in [0, 0.05) is 45.0 Å². The second kappa shape index (κ2) is 8.77. The number of rotatable bonds is 6. The monoisotopic (exact) mass is 372 g/mol. The third-order valence-electron chi connectivity index (χ3n) is 4.52. The number of hydrogen-bond acceptors (Lipinski definition) is 6. The molecule has 0 radical (unpaired) electrons. The van der Waals surface area contributed by atoms with Crippen molar-refractivity contribution in [1.82, 2.24) is 20.4 Å². The van der Waals surface area contributed by atoms with Crippen LogP contribution in [-0.2, 0) is 0 Å². The lowest BCUT2D eigenvalue weighted by Crippen LogP contribution is -2.47. The van der Waals surface area contributed by atoms with Crippen molar-refractivity contribution < 1.29 is 9.18 Å². The largest absolute Gasteiger partial charge is 0.368 e. The highest BCUT2D eigenvalue weighted by Gasteiger charge is 2.19. The Kier molecular flexibility index (Phi) is 6.18. The maximum absolute atomic E-state index is 13.1. The fourth-order valence-electron chi connectivity index (χ4n) is 2.94. The first-order valence-corrected chi connectivity index (χ1v) is 9.05. The Morgan fingerprint density at radius 1 is 1.04 bits per heavy atom. The van der Waals surface area contributed by atoms with E-state index >= 15 is 0 Å². The second-order valence-corrected chi connectivity index (χ2v) is 6.79. The molecule has 1 aromatic heterocycles. The van der Waals surface area contributed by atoms with E-state index in [9.17, 15) is 9.18 Å². The normalized spacial score (nSPS) is 14.5. The predicted octanol–water partition coefficient (Wildman–Crippen LogP) is 1.23. The van der Waals surface area contributed by atoms with Gasteiger partial charge >= 0.3 is 0 Å². The van der Waals surface area contributed by atoms with Gasteiger partial charge in [-0.2, -0.15) is 0 Å². The summed E-state index contributed by atoms with van der Waals surface area (Å²) in [5.41, 5.74) is 1.34. The SMILES string of the molecule is CN(C)CCNC(=O)c1ccc(N2CCN(c3ccc(F)cc3)CC2)nn1. The lowest BCUT2D eigenvalue weighted by Gasteiger charge is -2.36. The Balaban J connectivity index is 1.52. The van der Waals surface area contributed by atoms with Crippen LogP contribution in [0.5, 0.6) is 0 Å². The molecule has 1 aromatic carbocycles. The molecule has 8 heteroatoms. The van der Waals surface area contributed by atoms with Gasteiger partial charge in [-0.25, -0.2) is 4.39 Å². The highest BCUT2D eigenvalue weighted by Crippen LogP contribution is 2.19. The molecule has 27 heavy (non-hydrogen) atoms. The Labute approximate surface area is 158 Å². The van der Waals surface area contributed by atoms with Crippen LogP contribution < -0.4 is 15.1 Å². The molecule has 7 nitrogen and oxygen atoms in total. The summed E-state index contributed by atoms with van der Waals surface area (Å²) in [6.45, 7) is 4.57. The molecule has 3 rings (SSSR count). The van der Waals surface area contributed by atoms with Gasteiger partial charge in [0.05, 0.1) is 0 Å². The number of amides is 1. The Bertz CT molecular complexity index is 742. The summed E-state index contributed by atoms with van der Waals surface area (Å²) in [7, 11) is 3.91. The third kappa shape index (κ3) is 5.13. The second-order valence-electron chi connectivity index (χ2n) is 6.79. The van der Waals surface area contributed by atoms with Gasteiger partial charge in [-0.05, 0) is 50.5 Å². The van der Waals surface area contributed by atoms with Gasteiger partial charge in [0.1, 0.15) is 5.82 Å². The molecule has 1 aliphatic heterocycles. The number of carbonyl (C=O) groups is 1. The van der Waals surface area contributed by atoms with E-state index in [0.717, 1.165) is 44.2 Å². The van der Waals surface area contributed by atoms with Crippen LogP contribution >= 0.6 is 0 Å². The number of carbonyl (C=O) groups excluding carboxylic acids is 1.